The van der Waals surface area contributed by atoms with Gasteiger partial charge in [0.05, 0.1) is 6.04 Å². The zero-order valence-corrected chi connectivity index (χ0v) is 13.3. The van der Waals surface area contributed by atoms with E-state index in [0.29, 0.717) is 5.41 Å². The Morgan fingerprint density at radius 3 is 2.76 bits per heavy atom. The molecule has 0 radical (unpaired) electrons. The Kier molecular flexibility index (Phi) is 3.78. The number of hydrogen-bond donors (Lipinski definition) is 2. The number of hydrogen-bond acceptors (Lipinski definition) is 2. The molecule has 2 fully saturated rings. The normalized spacial score (nSPS) is 24.6. The number of piperidine rings is 1. The monoisotopic (exact) mass is 286 g/mol. The van der Waals surface area contributed by atoms with E-state index in [4.69, 9.17) is 0 Å². The highest BCUT2D eigenvalue weighted by Crippen LogP contribution is 2.58. The van der Waals surface area contributed by atoms with Gasteiger partial charge in [-0.05, 0) is 75.2 Å². The second-order valence-electron chi connectivity index (χ2n) is 6.89. The van der Waals surface area contributed by atoms with Crippen LogP contribution in [-0.2, 0) is 4.79 Å². The average Bonchev–Trinajstić information content (AvgIpc) is 3.16. The maximum atomic E-state index is 12.5. The SMILES string of the molecule is Cc1cccc(C(C)NC(=O)C2CC23CCNCC3)c1C. The Morgan fingerprint density at radius 2 is 2.05 bits per heavy atom. The van der Waals surface area contributed by atoms with Crippen LogP contribution in [0.5, 0.6) is 0 Å². The van der Waals surface area contributed by atoms with Crippen LogP contribution >= 0.6 is 0 Å². The Bertz CT molecular complexity index is 546. The van der Waals surface area contributed by atoms with Gasteiger partial charge in [-0.2, -0.15) is 0 Å². The summed E-state index contributed by atoms with van der Waals surface area (Å²) in [7, 11) is 0. The van der Waals surface area contributed by atoms with Gasteiger partial charge >= 0.3 is 0 Å². The fraction of sp³-hybridized carbons (Fsp3) is 0.611. The third-order valence-electron chi connectivity index (χ3n) is 5.58. The van der Waals surface area contributed by atoms with Crippen molar-refractivity contribution in [3.63, 3.8) is 0 Å². The van der Waals surface area contributed by atoms with Crippen molar-refractivity contribution in [1.82, 2.24) is 10.6 Å². The number of benzene rings is 1. The molecule has 1 saturated carbocycles. The van der Waals surface area contributed by atoms with E-state index in [1.807, 2.05) is 0 Å². The van der Waals surface area contributed by atoms with Crippen LogP contribution in [0.1, 0.15) is 48.9 Å². The predicted molar refractivity (Wildman–Crippen MR) is 85.1 cm³/mol. The number of rotatable bonds is 3. The van der Waals surface area contributed by atoms with E-state index in [-0.39, 0.29) is 17.9 Å². The molecule has 1 aromatic rings. The van der Waals surface area contributed by atoms with Crippen molar-refractivity contribution in [3.05, 3.63) is 34.9 Å². The summed E-state index contributed by atoms with van der Waals surface area (Å²) in [5.41, 5.74) is 4.13. The standard InChI is InChI=1S/C18H26N2O/c1-12-5-4-6-15(13(12)2)14(3)20-17(21)16-11-18(16)7-9-19-10-8-18/h4-6,14,16,19H,7-11H2,1-3H3,(H,20,21). The minimum absolute atomic E-state index is 0.0942. The number of carbonyl (C=O) groups excluding carboxylic acids is 1. The minimum Gasteiger partial charge on any atom is -0.349 e. The first-order chi connectivity index (χ1) is 10.0. The maximum Gasteiger partial charge on any atom is 0.224 e. The van der Waals surface area contributed by atoms with Gasteiger partial charge in [-0.3, -0.25) is 4.79 Å². The molecule has 1 amide bonds. The summed E-state index contributed by atoms with van der Waals surface area (Å²) in [6.07, 6.45) is 3.39. The lowest BCUT2D eigenvalue weighted by molar-refractivity contribution is -0.123. The average molecular weight is 286 g/mol. The van der Waals surface area contributed by atoms with Gasteiger partial charge in [0.2, 0.25) is 5.91 Å². The van der Waals surface area contributed by atoms with Crippen molar-refractivity contribution in [2.45, 2.75) is 46.1 Å². The molecule has 3 rings (SSSR count). The second kappa shape index (κ2) is 5.45. The van der Waals surface area contributed by atoms with Gasteiger partial charge in [0.1, 0.15) is 0 Å². The van der Waals surface area contributed by atoms with Crippen molar-refractivity contribution < 1.29 is 4.79 Å². The fourth-order valence-electron chi connectivity index (χ4n) is 3.83. The Hall–Kier alpha value is -1.35. The van der Waals surface area contributed by atoms with Crippen LogP contribution in [0.3, 0.4) is 0 Å². The molecule has 2 N–H and O–H groups in total. The molecule has 3 heteroatoms. The molecule has 2 aliphatic rings. The van der Waals surface area contributed by atoms with E-state index in [1.54, 1.807) is 0 Å². The van der Waals surface area contributed by atoms with Gasteiger partial charge in [-0.15, -0.1) is 0 Å². The molecule has 3 nitrogen and oxygen atoms in total. The van der Waals surface area contributed by atoms with E-state index in [2.05, 4.69) is 49.6 Å². The van der Waals surface area contributed by atoms with Gasteiger partial charge < -0.3 is 10.6 Å². The second-order valence-corrected chi connectivity index (χ2v) is 6.89. The summed E-state index contributed by atoms with van der Waals surface area (Å²) < 4.78 is 0. The van der Waals surface area contributed by atoms with Crippen LogP contribution in [0.4, 0.5) is 0 Å². The molecule has 1 aliphatic carbocycles. The number of aryl methyl sites for hydroxylation is 1. The molecule has 114 valence electrons. The van der Waals surface area contributed by atoms with Gasteiger partial charge in [0.15, 0.2) is 0 Å². The lowest BCUT2D eigenvalue weighted by atomic mass is 9.91. The molecule has 1 spiro atoms. The third-order valence-corrected chi connectivity index (χ3v) is 5.58. The lowest BCUT2D eigenvalue weighted by Crippen LogP contribution is -2.34. The molecule has 2 unspecified atom stereocenters. The fourth-order valence-corrected chi connectivity index (χ4v) is 3.83. The summed E-state index contributed by atoms with van der Waals surface area (Å²) in [5, 5.41) is 6.63. The molecular weight excluding hydrogens is 260 g/mol. The van der Waals surface area contributed by atoms with E-state index < -0.39 is 0 Å². The summed E-state index contributed by atoms with van der Waals surface area (Å²) in [6, 6.07) is 6.42. The molecule has 1 aromatic carbocycles. The third kappa shape index (κ3) is 2.71. The molecule has 1 aliphatic heterocycles. The highest BCUT2D eigenvalue weighted by molar-refractivity contribution is 5.83. The Labute approximate surface area is 127 Å². The smallest absolute Gasteiger partial charge is 0.224 e. The van der Waals surface area contributed by atoms with Gasteiger partial charge in [0.25, 0.3) is 0 Å². The van der Waals surface area contributed by atoms with Crippen LogP contribution < -0.4 is 10.6 Å². The van der Waals surface area contributed by atoms with Crippen molar-refractivity contribution >= 4 is 5.91 Å². The first kappa shape index (κ1) is 14.6. The lowest BCUT2D eigenvalue weighted by Gasteiger charge is -2.24. The number of nitrogens with one attached hydrogen (secondary N) is 2. The van der Waals surface area contributed by atoms with E-state index in [9.17, 15) is 4.79 Å². The number of amides is 1. The molecular formula is C18H26N2O. The van der Waals surface area contributed by atoms with E-state index in [1.165, 1.54) is 16.7 Å². The van der Waals surface area contributed by atoms with Crippen molar-refractivity contribution in [2.24, 2.45) is 11.3 Å². The first-order valence-electron chi connectivity index (χ1n) is 8.11. The molecule has 21 heavy (non-hydrogen) atoms. The van der Waals surface area contributed by atoms with E-state index in [0.717, 1.165) is 32.4 Å². The highest BCUT2D eigenvalue weighted by atomic mass is 16.2. The highest BCUT2D eigenvalue weighted by Gasteiger charge is 2.57. The van der Waals surface area contributed by atoms with Gasteiger partial charge in [-0.25, -0.2) is 0 Å². The van der Waals surface area contributed by atoms with Crippen molar-refractivity contribution in [1.29, 1.82) is 0 Å². The summed E-state index contributed by atoms with van der Waals surface area (Å²) >= 11 is 0. The Balaban J connectivity index is 1.64. The van der Waals surface area contributed by atoms with Crippen LogP contribution in [0, 0.1) is 25.2 Å². The first-order valence-corrected chi connectivity index (χ1v) is 8.11. The van der Waals surface area contributed by atoms with Crippen molar-refractivity contribution in [3.8, 4) is 0 Å². The van der Waals surface area contributed by atoms with Gasteiger partial charge in [0, 0.05) is 5.92 Å². The maximum absolute atomic E-state index is 12.5. The topological polar surface area (TPSA) is 41.1 Å². The zero-order chi connectivity index (χ0) is 15.0. The van der Waals surface area contributed by atoms with Crippen LogP contribution in [0.25, 0.3) is 0 Å². The predicted octanol–water partition coefficient (Wildman–Crippen LogP) is 2.87. The van der Waals surface area contributed by atoms with Crippen molar-refractivity contribution in [2.75, 3.05) is 13.1 Å². The molecule has 0 bridgehead atoms. The largest absolute Gasteiger partial charge is 0.349 e. The summed E-state index contributed by atoms with van der Waals surface area (Å²) in [5.74, 6) is 0.498. The quantitative estimate of drug-likeness (QED) is 0.897. The zero-order valence-electron chi connectivity index (χ0n) is 13.3. The minimum atomic E-state index is 0.0942. The molecule has 2 atom stereocenters. The van der Waals surface area contributed by atoms with Crippen LogP contribution in [0.2, 0.25) is 0 Å². The van der Waals surface area contributed by atoms with Crippen LogP contribution in [-0.4, -0.2) is 19.0 Å². The summed E-state index contributed by atoms with van der Waals surface area (Å²) in [6.45, 7) is 8.49. The summed E-state index contributed by atoms with van der Waals surface area (Å²) in [4.78, 5) is 12.5. The van der Waals surface area contributed by atoms with Gasteiger partial charge in [-0.1, -0.05) is 18.2 Å². The number of carbonyl (C=O) groups is 1. The van der Waals surface area contributed by atoms with Crippen LogP contribution in [0.15, 0.2) is 18.2 Å². The molecule has 1 saturated heterocycles. The van der Waals surface area contributed by atoms with E-state index >= 15 is 0 Å². The molecule has 0 aromatic heterocycles. The Morgan fingerprint density at radius 1 is 1.33 bits per heavy atom. The molecule has 1 heterocycles.